The summed E-state index contributed by atoms with van der Waals surface area (Å²) in [5.41, 5.74) is 8.51. The van der Waals surface area contributed by atoms with Gasteiger partial charge in [-0.2, -0.15) is 0 Å². The lowest BCUT2D eigenvalue weighted by Crippen LogP contribution is -2.30. The predicted molar refractivity (Wildman–Crippen MR) is 146 cm³/mol. The van der Waals surface area contributed by atoms with E-state index < -0.39 is 0 Å². The number of carbonyl (C=O) groups excluding carboxylic acids is 2. The van der Waals surface area contributed by atoms with Gasteiger partial charge in [0.1, 0.15) is 11.5 Å². The van der Waals surface area contributed by atoms with Crippen molar-refractivity contribution in [1.82, 2.24) is 4.90 Å². The molecule has 0 radical (unpaired) electrons. The molecule has 2 amide bonds. The minimum Gasteiger partial charge on any atom is -0.494 e. The number of nitrogen functional groups attached to an aromatic ring is 1. The van der Waals surface area contributed by atoms with Crippen LogP contribution in [0.5, 0.6) is 11.5 Å². The minimum absolute atomic E-state index is 0.186. The van der Waals surface area contributed by atoms with Gasteiger partial charge in [-0.05, 0) is 99.2 Å². The van der Waals surface area contributed by atoms with Crippen LogP contribution in [0.3, 0.4) is 0 Å². The topological polar surface area (TPSA) is 93.9 Å². The number of fused-ring (bicyclic) bond motifs is 1. The lowest BCUT2D eigenvalue weighted by atomic mass is 10.1. The number of benzene rings is 3. The SMILES string of the molecule is Nc1ccc(OCCCCCNc2ccc(OCCCCCN3C(=O)c4ccccc4C3=O)cc2)cc1. The highest BCUT2D eigenvalue weighted by Gasteiger charge is 2.34. The Morgan fingerprint density at radius 2 is 1.19 bits per heavy atom. The zero-order valence-corrected chi connectivity index (χ0v) is 21.2. The normalized spacial score (nSPS) is 12.5. The van der Waals surface area contributed by atoms with Gasteiger partial charge in [0.25, 0.3) is 11.8 Å². The van der Waals surface area contributed by atoms with Crippen LogP contribution < -0.4 is 20.5 Å². The van der Waals surface area contributed by atoms with Crippen molar-refractivity contribution in [3.05, 3.63) is 83.9 Å². The van der Waals surface area contributed by atoms with Crippen molar-refractivity contribution in [2.45, 2.75) is 38.5 Å². The van der Waals surface area contributed by atoms with Gasteiger partial charge in [-0.1, -0.05) is 12.1 Å². The third kappa shape index (κ3) is 7.49. The molecule has 1 aliphatic rings. The van der Waals surface area contributed by atoms with E-state index in [2.05, 4.69) is 5.32 Å². The Morgan fingerprint density at radius 1 is 0.649 bits per heavy atom. The van der Waals surface area contributed by atoms with E-state index in [-0.39, 0.29) is 11.8 Å². The van der Waals surface area contributed by atoms with Crippen molar-refractivity contribution >= 4 is 23.2 Å². The molecule has 0 saturated heterocycles. The van der Waals surface area contributed by atoms with Crippen LogP contribution in [0.25, 0.3) is 0 Å². The predicted octanol–water partition coefficient (Wildman–Crippen LogP) is 5.78. The van der Waals surface area contributed by atoms with Gasteiger partial charge in [0.05, 0.1) is 24.3 Å². The van der Waals surface area contributed by atoms with E-state index in [1.165, 1.54) is 4.90 Å². The number of hydrogen-bond acceptors (Lipinski definition) is 6. The number of hydrogen-bond donors (Lipinski definition) is 2. The van der Waals surface area contributed by atoms with E-state index in [1.54, 1.807) is 24.3 Å². The van der Waals surface area contributed by atoms with Crippen molar-refractivity contribution in [2.75, 3.05) is 37.4 Å². The summed E-state index contributed by atoms with van der Waals surface area (Å²) in [6, 6.07) is 22.5. The minimum atomic E-state index is -0.186. The Hall–Kier alpha value is -4.00. The molecular formula is C30H35N3O4. The zero-order chi connectivity index (χ0) is 25.9. The number of nitrogens with one attached hydrogen (secondary N) is 1. The summed E-state index contributed by atoms with van der Waals surface area (Å²) < 4.78 is 11.6. The molecule has 4 rings (SSSR count). The lowest BCUT2D eigenvalue weighted by molar-refractivity contribution is 0.0651. The second-order valence-electron chi connectivity index (χ2n) is 9.15. The molecule has 0 aromatic heterocycles. The number of anilines is 2. The van der Waals surface area contributed by atoms with E-state index in [4.69, 9.17) is 15.2 Å². The highest BCUT2D eigenvalue weighted by Crippen LogP contribution is 2.23. The van der Waals surface area contributed by atoms with Crippen molar-refractivity contribution < 1.29 is 19.1 Å². The van der Waals surface area contributed by atoms with Crippen LogP contribution >= 0.6 is 0 Å². The van der Waals surface area contributed by atoms with E-state index in [9.17, 15) is 9.59 Å². The van der Waals surface area contributed by atoms with E-state index in [0.29, 0.717) is 30.9 Å². The standard InChI is InChI=1S/C30H35N3O4/c31-23-11-15-25(16-12-23)36-21-7-1-5-19-32-24-13-17-26(18-14-24)37-22-8-2-6-20-33-29(34)27-9-3-4-10-28(27)30(33)35/h3-4,9-18,32H,1-2,5-8,19-22,31H2. The monoisotopic (exact) mass is 501 g/mol. The second-order valence-corrected chi connectivity index (χ2v) is 9.15. The summed E-state index contributed by atoms with van der Waals surface area (Å²) in [5, 5.41) is 3.44. The van der Waals surface area contributed by atoms with Crippen LogP contribution in [0.1, 0.15) is 59.2 Å². The molecule has 0 fully saturated rings. The van der Waals surface area contributed by atoms with Gasteiger partial charge < -0.3 is 20.5 Å². The van der Waals surface area contributed by atoms with Crippen LogP contribution in [-0.4, -0.2) is 43.0 Å². The Labute approximate surface area is 218 Å². The number of rotatable bonds is 15. The maximum absolute atomic E-state index is 12.4. The molecule has 0 spiro atoms. The van der Waals surface area contributed by atoms with Gasteiger partial charge in [-0.15, -0.1) is 0 Å². The van der Waals surface area contributed by atoms with Crippen LogP contribution in [0.4, 0.5) is 11.4 Å². The lowest BCUT2D eigenvalue weighted by Gasteiger charge is -2.13. The molecule has 1 heterocycles. The Morgan fingerprint density at radius 3 is 1.78 bits per heavy atom. The van der Waals surface area contributed by atoms with Crippen LogP contribution in [0, 0.1) is 0 Å². The zero-order valence-electron chi connectivity index (χ0n) is 21.2. The molecule has 1 aliphatic heterocycles. The maximum atomic E-state index is 12.4. The molecule has 0 saturated carbocycles. The summed E-state index contributed by atoms with van der Waals surface area (Å²) in [6.45, 7) is 2.67. The van der Waals surface area contributed by atoms with Crippen molar-refractivity contribution in [2.24, 2.45) is 0 Å². The first-order valence-electron chi connectivity index (χ1n) is 13.0. The van der Waals surface area contributed by atoms with Gasteiger partial charge in [-0.3, -0.25) is 14.5 Å². The van der Waals surface area contributed by atoms with E-state index in [0.717, 1.165) is 67.9 Å². The molecule has 3 aromatic carbocycles. The number of nitrogens with two attached hydrogens (primary N) is 1. The molecule has 0 aliphatic carbocycles. The molecule has 0 bridgehead atoms. The maximum Gasteiger partial charge on any atom is 0.261 e. The first-order chi connectivity index (χ1) is 18.1. The van der Waals surface area contributed by atoms with Crippen molar-refractivity contribution in [3.8, 4) is 11.5 Å². The fourth-order valence-corrected chi connectivity index (χ4v) is 4.24. The fraction of sp³-hybridized carbons (Fsp3) is 0.333. The molecule has 3 N–H and O–H groups in total. The molecule has 7 nitrogen and oxygen atoms in total. The molecule has 194 valence electrons. The van der Waals surface area contributed by atoms with E-state index in [1.807, 2.05) is 48.5 Å². The average Bonchev–Trinajstić information content (AvgIpc) is 3.16. The van der Waals surface area contributed by atoms with Crippen LogP contribution in [0.15, 0.2) is 72.8 Å². The Bertz CT molecular complexity index is 1130. The quantitative estimate of drug-likeness (QED) is 0.156. The molecule has 37 heavy (non-hydrogen) atoms. The third-order valence-corrected chi connectivity index (χ3v) is 6.33. The van der Waals surface area contributed by atoms with Gasteiger partial charge in [0.2, 0.25) is 0 Å². The number of amides is 2. The molecule has 0 atom stereocenters. The number of imide groups is 1. The number of ether oxygens (including phenoxy) is 2. The summed E-state index contributed by atoms with van der Waals surface area (Å²) in [6.07, 6.45) is 5.70. The number of unbranched alkanes of at least 4 members (excludes halogenated alkanes) is 4. The van der Waals surface area contributed by atoms with Gasteiger partial charge >= 0.3 is 0 Å². The second kappa shape index (κ2) is 13.3. The number of carbonyl (C=O) groups is 2. The summed E-state index contributed by atoms with van der Waals surface area (Å²) in [4.78, 5) is 26.1. The van der Waals surface area contributed by atoms with Crippen molar-refractivity contribution in [3.63, 3.8) is 0 Å². The van der Waals surface area contributed by atoms with E-state index >= 15 is 0 Å². The highest BCUT2D eigenvalue weighted by atomic mass is 16.5. The smallest absolute Gasteiger partial charge is 0.261 e. The highest BCUT2D eigenvalue weighted by molar-refractivity contribution is 6.21. The average molecular weight is 502 g/mol. The van der Waals surface area contributed by atoms with Crippen LogP contribution in [-0.2, 0) is 0 Å². The summed E-state index contributed by atoms with van der Waals surface area (Å²) in [5.74, 6) is 1.32. The number of nitrogens with zero attached hydrogens (tertiary/aromatic N) is 1. The summed E-state index contributed by atoms with van der Waals surface area (Å²) in [7, 11) is 0. The molecular weight excluding hydrogens is 466 g/mol. The Kier molecular flexibility index (Phi) is 9.41. The van der Waals surface area contributed by atoms with Gasteiger partial charge in [0, 0.05) is 24.5 Å². The largest absolute Gasteiger partial charge is 0.494 e. The Balaban J connectivity index is 1.02. The summed E-state index contributed by atoms with van der Waals surface area (Å²) >= 11 is 0. The first kappa shape index (κ1) is 26.1. The third-order valence-electron chi connectivity index (χ3n) is 6.33. The van der Waals surface area contributed by atoms with Crippen molar-refractivity contribution in [1.29, 1.82) is 0 Å². The fourth-order valence-electron chi connectivity index (χ4n) is 4.24. The van der Waals surface area contributed by atoms with Gasteiger partial charge in [-0.25, -0.2) is 0 Å². The molecule has 0 unspecified atom stereocenters. The van der Waals surface area contributed by atoms with Gasteiger partial charge in [0.15, 0.2) is 0 Å². The first-order valence-corrected chi connectivity index (χ1v) is 13.0. The molecule has 3 aromatic rings. The molecule has 7 heteroatoms. The van der Waals surface area contributed by atoms with Crippen LogP contribution in [0.2, 0.25) is 0 Å².